The van der Waals surface area contributed by atoms with Gasteiger partial charge in [-0.25, -0.2) is 0 Å². The van der Waals surface area contributed by atoms with Crippen molar-refractivity contribution in [2.24, 2.45) is 0 Å². The fourth-order valence-electron chi connectivity index (χ4n) is 7.60. The molecule has 0 spiro atoms. The quantitative estimate of drug-likeness (QED) is 0.140. The molecule has 0 bridgehead atoms. The molecular weight excluding hydrogens is 553 g/mol. The number of rotatable bonds is 2. The van der Waals surface area contributed by atoms with Crippen molar-refractivity contribution in [3.05, 3.63) is 157 Å². The van der Waals surface area contributed by atoms with E-state index in [0.29, 0.717) is 0 Å². The minimum atomic E-state index is 0.0313. The van der Waals surface area contributed by atoms with Gasteiger partial charge in [-0.1, -0.05) is 154 Å². The van der Waals surface area contributed by atoms with E-state index >= 15 is 0 Å². The topological polar surface area (TPSA) is 0 Å². The smallest absolute Gasteiger partial charge is 0.00260 e. The predicted octanol–water partition coefficient (Wildman–Crippen LogP) is 13.2. The molecule has 9 aromatic carbocycles. The van der Waals surface area contributed by atoms with E-state index in [1.165, 1.54) is 92.5 Å². The zero-order valence-electron chi connectivity index (χ0n) is 26.4. The normalized spacial score (nSPS) is 12.2. The third-order valence-electron chi connectivity index (χ3n) is 9.96. The molecule has 0 aromatic heterocycles. The zero-order valence-corrected chi connectivity index (χ0v) is 26.4. The number of fused-ring (bicyclic) bond motifs is 8. The average molecular weight is 587 g/mol. The van der Waals surface area contributed by atoms with E-state index < -0.39 is 0 Å². The van der Waals surface area contributed by atoms with Crippen LogP contribution in [-0.2, 0) is 5.41 Å². The van der Waals surface area contributed by atoms with Crippen molar-refractivity contribution >= 4 is 64.6 Å². The lowest BCUT2D eigenvalue weighted by Crippen LogP contribution is -2.10. The summed E-state index contributed by atoms with van der Waals surface area (Å²) < 4.78 is 0. The maximum Gasteiger partial charge on any atom is -0.00260 e. The second kappa shape index (κ2) is 10.0. The first-order valence-electron chi connectivity index (χ1n) is 16.3. The van der Waals surface area contributed by atoms with Crippen molar-refractivity contribution in [3.8, 4) is 22.3 Å². The standard InChI is InChI=1S/C46H34/c1-46(2,3)35-22-25-42-43(28-35)45(34-21-24-39-32(27-34)19-17-30-11-5-7-13-37(30)39)41-15-9-8-14-40(41)44(42)33-20-23-38-31(26-33)18-16-29-10-4-6-12-36(29)38/h4-28H,1-3H3. The first-order valence-corrected chi connectivity index (χ1v) is 16.3. The van der Waals surface area contributed by atoms with Crippen LogP contribution in [0.15, 0.2) is 152 Å². The Morgan fingerprint density at radius 3 is 1.22 bits per heavy atom. The Bertz CT molecular complexity index is 2660. The molecule has 0 fully saturated rings. The molecular formula is C46H34. The van der Waals surface area contributed by atoms with Gasteiger partial charge in [0.05, 0.1) is 0 Å². The van der Waals surface area contributed by atoms with Crippen molar-refractivity contribution in [2.45, 2.75) is 26.2 Å². The average Bonchev–Trinajstić information content (AvgIpc) is 3.09. The number of benzene rings is 9. The Morgan fingerprint density at radius 2 is 0.696 bits per heavy atom. The molecule has 0 aliphatic carbocycles. The predicted molar refractivity (Wildman–Crippen MR) is 201 cm³/mol. The lowest BCUT2D eigenvalue weighted by molar-refractivity contribution is 0.591. The molecule has 218 valence electrons. The summed E-state index contributed by atoms with van der Waals surface area (Å²) in [7, 11) is 0. The summed E-state index contributed by atoms with van der Waals surface area (Å²) in [6.45, 7) is 6.93. The molecule has 0 saturated carbocycles. The lowest BCUT2D eigenvalue weighted by atomic mass is 9.81. The summed E-state index contributed by atoms with van der Waals surface area (Å²) in [6, 6.07) is 56.7. The highest BCUT2D eigenvalue weighted by atomic mass is 14.2. The monoisotopic (exact) mass is 586 g/mol. The Morgan fingerprint density at radius 1 is 0.304 bits per heavy atom. The molecule has 0 heterocycles. The summed E-state index contributed by atoms with van der Waals surface area (Å²) >= 11 is 0. The van der Waals surface area contributed by atoms with Crippen LogP contribution in [0.5, 0.6) is 0 Å². The largest absolute Gasteiger partial charge is 0.0616 e. The zero-order chi connectivity index (χ0) is 31.0. The molecule has 0 radical (unpaired) electrons. The van der Waals surface area contributed by atoms with Crippen LogP contribution < -0.4 is 0 Å². The molecule has 0 N–H and O–H groups in total. The SMILES string of the molecule is CC(C)(C)c1ccc2c(-c3ccc4c(ccc5ccccc54)c3)c3ccccc3c(-c3ccc4c(ccc5ccccc54)c3)c2c1. The van der Waals surface area contributed by atoms with Gasteiger partial charge in [0, 0.05) is 0 Å². The van der Waals surface area contributed by atoms with Gasteiger partial charge in [-0.2, -0.15) is 0 Å². The van der Waals surface area contributed by atoms with Gasteiger partial charge in [0.25, 0.3) is 0 Å². The van der Waals surface area contributed by atoms with Gasteiger partial charge in [-0.05, 0) is 116 Å². The Balaban J connectivity index is 1.37. The van der Waals surface area contributed by atoms with Crippen LogP contribution in [0, 0.1) is 0 Å². The Labute approximate surface area is 269 Å². The molecule has 9 aromatic rings. The molecule has 0 aliphatic rings. The van der Waals surface area contributed by atoms with Crippen molar-refractivity contribution in [3.63, 3.8) is 0 Å². The molecule has 46 heavy (non-hydrogen) atoms. The Hall–Kier alpha value is -5.46. The lowest BCUT2D eigenvalue weighted by Gasteiger charge is -2.23. The third-order valence-corrected chi connectivity index (χ3v) is 9.96. The fraction of sp³-hybridized carbons (Fsp3) is 0.0870. The van der Waals surface area contributed by atoms with E-state index in [1.54, 1.807) is 0 Å². The maximum absolute atomic E-state index is 2.46. The van der Waals surface area contributed by atoms with Crippen LogP contribution in [0.25, 0.3) is 86.9 Å². The summed E-state index contributed by atoms with van der Waals surface area (Å²) in [5, 5.41) is 15.5. The van der Waals surface area contributed by atoms with Gasteiger partial charge < -0.3 is 0 Å². The maximum atomic E-state index is 2.46. The van der Waals surface area contributed by atoms with Crippen molar-refractivity contribution in [1.29, 1.82) is 0 Å². The highest BCUT2D eigenvalue weighted by molar-refractivity contribution is 6.23. The highest BCUT2D eigenvalue weighted by Gasteiger charge is 2.21. The van der Waals surface area contributed by atoms with Gasteiger partial charge in [0.15, 0.2) is 0 Å². The summed E-state index contributed by atoms with van der Waals surface area (Å²) in [6.07, 6.45) is 0. The summed E-state index contributed by atoms with van der Waals surface area (Å²) in [5.74, 6) is 0. The molecule has 0 unspecified atom stereocenters. The minimum Gasteiger partial charge on any atom is -0.0616 e. The molecule has 0 nitrogen and oxygen atoms in total. The molecule has 9 rings (SSSR count). The van der Waals surface area contributed by atoms with Crippen molar-refractivity contribution < 1.29 is 0 Å². The van der Waals surface area contributed by atoms with E-state index in [4.69, 9.17) is 0 Å². The van der Waals surface area contributed by atoms with E-state index in [-0.39, 0.29) is 5.41 Å². The third kappa shape index (κ3) is 4.14. The number of hydrogen-bond acceptors (Lipinski definition) is 0. The molecule has 0 aliphatic heterocycles. The summed E-state index contributed by atoms with van der Waals surface area (Å²) in [5.41, 5.74) is 6.50. The van der Waals surface area contributed by atoms with Crippen LogP contribution in [0.4, 0.5) is 0 Å². The van der Waals surface area contributed by atoms with Crippen LogP contribution in [0.1, 0.15) is 26.3 Å². The molecule has 0 heteroatoms. The van der Waals surface area contributed by atoms with Crippen LogP contribution in [-0.4, -0.2) is 0 Å². The fourth-order valence-corrected chi connectivity index (χ4v) is 7.60. The van der Waals surface area contributed by atoms with Gasteiger partial charge >= 0.3 is 0 Å². The highest BCUT2D eigenvalue weighted by Crippen LogP contribution is 2.46. The Kier molecular flexibility index (Phi) is 5.86. The van der Waals surface area contributed by atoms with Crippen LogP contribution in [0.2, 0.25) is 0 Å². The molecule has 0 atom stereocenters. The van der Waals surface area contributed by atoms with Crippen LogP contribution in [0.3, 0.4) is 0 Å². The van der Waals surface area contributed by atoms with Gasteiger partial charge in [0.2, 0.25) is 0 Å². The van der Waals surface area contributed by atoms with Gasteiger partial charge in [0.1, 0.15) is 0 Å². The van der Waals surface area contributed by atoms with Crippen LogP contribution >= 0.6 is 0 Å². The van der Waals surface area contributed by atoms with E-state index in [0.717, 1.165) is 0 Å². The molecule has 0 saturated heterocycles. The minimum absolute atomic E-state index is 0.0313. The summed E-state index contributed by atoms with van der Waals surface area (Å²) in [4.78, 5) is 0. The van der Waals surface area contributed by atoms with E-state index in [2.05, 4.69) is 172 Å². The second-order valence-corrected chi connectivity index (χ2v) is 13.8. The first kappa shape index (κ1) is 26.9. The number of hydrogen-bond donors (Lipinski definition) is 0. The van der Waals surface area contributed by atoms with Crippen molar-refractivity contribution in [2.75, 3.05) is 0 Å². The van der Waals surface area contributed by atoms with E-state index in [9.17, 15) is 0 Å². The molecule has 0 amide bonds. The second-order valence-electron chi connectivity index (χ2n) is 13.8. The first-order chi connectivity index (χ1) is 22.4. The van der Waals surface area contributed by atoms with Gasteiger partial charge in [-0.3, -0.25) is 0 Å². The van der Waals surface area contributed by atoms with Crippen molar-refractivity contribution in [1.82, 2.24) is 0 Å². The van der Waals surface area contributed by atoms with E-state index in [1.807, 2.05) is 0 Å². The van der Waals surface area contributed by atoms with Gasteiger partial charge in [-0.15, -0.1) is 0 Å².